The van der Waals surface area contributed by atoms with Gasteiger partial charge in [-0.1, -0.05) is 22.0 Å². The van der Waals surface area contributed by atoms with E-state index >= 15 is 0 Å². The summed E-state index contributed by atoms with van der Waals surface area (Å²) in [5.41, 5.74) is 1.94. The second kappa shape index (κ2) is 5.48. The van der Waals surface area contributed by atoms with Gasteiger partial charge in [0.1, 0.15) is 11.6 Å². The highest BCUT2D eigenvalue weighted by Gasteiger charge is 2.07. The van der Waals surface area contributed by atoms with Gasteiger partial charge in [0.25, 0.3) is 0 Å². The molecule has 0 aliphatic rings. The zero-order chi connectivity index (χ0) is 13.1. The van der Waals surface area contributed by atoms with Crippen LogP contribution in [0.2, 0.25) is 0 Å². The van der Waals surface area contributed by atoms with Gasteiger partial charge >= 0.3 is 0 Å². The molecule has 2 aromatic carbocycles. The largest absolute Gasteiger partial charge is 0.381 e. The van der Waals surface area contributed by atoms with Crippen LogP contribution >= 0.6 is 15.9 Å². The molecule has 0 atom stereocenters. The normalized spacial score (nSPS) is 10.4. The summed E-state index contributed by atoms with van der Waals surface area (Å²) >= 11 is 3.38. The smallest absolute Gasteiger partial charge is 0.131 e. The molecule has 0 heterocycles. The molecule has 0 aromatic heterocycles. The number of halogens is 3. The van der Waals surface area contributed by atoms with Gasteiger partial charge < -0.3 is 5.32 Å². The van der Waals surface area contributed by atoms with E-state index in [0.29, 0.717) is 0 Å². The van der Waals surface area contributed by atoms with E-state index in [0.717, 1.165) is 15.7 Å². The predicted molar refractivity (Wildman–Crippen MR) is 72.6 cm³/mol. The highest BCUT2D eigenvalue weighted by molar-refractivity contribution is 9.10. The molecule has 0 amide bonds. The fraction of sp³-hybridized carbons (Fsp3) is 0.143. The summed E-state index contributed by atoms with van der Waals surface area (Å²) < 4.78 is 27.8. The topological polar surface area (TPSA) is 12.0 Å². The molecule has 1 N–H and O–H groups in total. The van der Waals surface area contributed by atoms with Crippen molar-refractivity contribution in [2.24, 2.45) is 0 Å². The first-order valence-electron chi connectivity index (χ1n) is 5.50. The molecule has 0 fully saturated rings. The average molecular weight is 312 g/mol. The van der Waals surface area contributed by atoms with Gasteiger partial charge in [0, 0.05) is 22.3 Å². The van der Waals surface area contributed by atoms with E-state index in [1.165, 1.54) is 18.2 Å². The maximum atomic E-state index is 13.4. The van der Waals surface area contributed by atoms with Crippen molar-refractivity contribution in [3.8, 4) is 0 Å². The summed E-state index contributed by atoms with van der Waals surface area (Å²) in [6.45, 7) is 2.08. The highest BCUT2D eigenvalue weighted by Crippen LogP contribution is 2.20. The summed E-state index contributed by atoms with van der Waals surface area (Å²) in [5, 5.41) is 3.01. The van der Waals surface area contributed by atoms with Crippen molar-refractivity contribution in [1.29, 1.82) is 0 Å². The van der Waals surface area contributed by atoms with Crippen LogP contribution in [0.5, 0.6) is 0 Å². The molecular weight excluding hydrogens is 300 g/mol. The number of hydrogen-bond donors (Lipinski definition) is 1. The first-order valence-corrected chi connectivity index (χ1v) is 6.29. The Bertz CT molecular complexity index is 529. The lowest BCUT2D eigenvalue weighted by molar-refractivity contribution is 0.560. The third-order valence-corrected chi connectivity index (χ3v) is 3.03. The third-order valence-electron chi connectivity index (χ3n) is 2.57. The maximum Gasteiger partial charge on any atom is 0.131 e. The molecule has 0 bridgehead atoms. The summed E-state index contributed by atoms with van der Waals surface area (Å²) in [6, 6.07) is 9.63. The molecule has 0 aliphatic carbocycles. The van der Waals surface area contributed by atoms with Crippen LogP contribution < -0.4 is 5.32 Å². The van der Waals surface area contributed by atoms with E-state index in [4.69, 9.17) is 0 Å². The Morgan fingerprint density at radius 1 is 1.11 bits per heavy atom. The quantitative estimate of drug-likeness (QED) is 0.870. The molecule has 0 radical (unpaired) electrons. The Labute approximate surface area is 113 Å². The van der Waals surface area contributed by atoms with Crippen LogP contribution in [-0.2, 0) is 6.54 Å². The van der Waals surface area contributed by atoms with Crippen LogP contribution in [0, 0.1) is 18.6 Å². The van der Waals surface area contributed by atoms with Gasteiger partial charge in [-0.25, -0.2) is 8.78 Å². The summed E-state index contributed by atoms with van der Waals surface area (Å²) in [6.07, 6.45) is 0. The van der Waals surface area contributed by atoms with Gasteiger partial charge in [-0.2, -0.15) is 0 Å². The van der Waals surface area contributed by atoms with Gasteiger partial charge in [-0.05, 0) is 42.8 Å². The van der Waals surface area contributed by atoms with E-state index in [1.54, 1.807) is 0 Å². The zero-order valence-corrected chi connectivity index (χ0v) is 11.4. The van der Waals surface area contributed by atoms with Crippen LogP contribution in [0.3, 0.4) is 0 Å². The highest BCUT2D eigenvalue weighted by atomic mass is 79.9. The number of benzene rings is 2. The minimum absolute atomic E-state index is 0.0510. The Morgan fingerprint density at radius 2 is 1.78 bits per heavy atom. The summed E-state index contributed by atoms with van der Waals surface area (Å²) in [5.74, 6) is -1.07. The Balaban J connectivity index is 2.16. The number of aryl methyl sites for hydroxylation is 1. The van der Waals surface area contributed by atoms with Crippen molar-refractivity contribution in [1.82, 2.24) is 0 Å². The minimum atomic E-state index is -0.533. The third kappa shape index (κ3) is 3.07. The van der Waals surface area contributed by atoms with E-state index in [1.807, 2.05) is 25.1 Å². The van der Waals surface area contributed by atoms with Crippen molar-refractivity contribution in [3.63, 3.8) is 0 Å². The molecule has 0 saturated carbocycles. The second-order valence-electron chi connectivity index (χ2n) is 4.07. The Hall–Kier alpha value is -1.42. The maximum absolute atomic E-state index is 13.4. The molecular formula is C14H12BrF2N. The fourth-order valence-corrected chi connectivity index (χ4v) is 2.34. The molecule has 4 heteroatoms. The molecule has 18 heavy (non-hydrogen) atoms. The molecule has 0 saturated heterocycles. The van der Waals surface area contributed by atoms with Gasteiger partial charge in [0.05, 0.1) is 0 Å². The number of rotatable bonds is 3. The van der Waals surface area contributed by atoms with Crippen molar-refractivity contribution in [2.75, 3.05) is 5.32 Å². The van der Waals surface area contributed by atoms with Crippen LogP contribution in [0.25, 0.3) is 0 Å². The van der Waals surface area contributed by atoms with Crippen molar-refractivity contribution in [2.45, 2.75) is 13.5 Å². The zero-order valence-electron chi connectivity index (χ0n) is 9.81. The molecule has 2 aromatic rings. The lowest BCUT2D eigenvalue weighted by Gasteiger charge is -2.09. The minimum Gasteiger partial charge on any atom is -0.381 e. The van der Waals surface area contributed by atoms with E-state index < -0.39 is 11.6 Å². The van der Waals surface area contributed by atoms with E-state index in [9.17, 15) is 8.78 Å². The lowest BCUT2D eigenvalue weighted by Crippen LogP contribution is -2.04. The van der Waals surface area contributed by atoms with Crippen LogP contribution in [0.4, 0.5) is 14.5 Å². The first kappa shape index (κ1) is 13.0. The van der Waals surface area contributed by atoms with E-state index in [2.05, 4.69) is 21.2 Å². The number of nitrogens with one attached hydrogen (secondary N) is 1. The van der Waals surface area contributed by atoms with Gasteiger partial charge in [0.2, 0.25) is 0 Å². The van der Waals surface area contributed by atoms with Crippen LogP contribution in [0.1, 0.15) is 11.1 Å². The first-order chi connectivity index (χ1) is 8.56. The molecule has 0 aliphatic heterocycles. The lowest BCUT2D eigenvalue weighted by atomic mass is 10.2. The summed E-state index contributed by atoms with van der Waals surface area (Å²) in [7, 11) is 0. The van der Waals surface area contributed by atoms with E-state index in [-0.39, 0.29) is 12.1 Å². The molecule has 1 nitrogen and oxygen atoms in total. The second-order valence-corrected chi connectivity index (χ2v) is 4.99. The Kier molecular flexibility index (Phi) is 3.97. The SMILES string of the molecule is Cc1cc(Br)cc(NCc2c(F)cccc2F)c1. The molecule has 94 valence electrons. The number of anilines is 1. The van der Waals surface area contributed by atoms with Crippen LogP contribution in [-0.4, -0.2) is 0 Å². The van der Waals surface area contributed by atoms with Crippen molar-refractivity contribution in [3.05, 3.63) is 63.6 Å². The van der Waals surface area contributed by atoms with Gasteiger partial charge in [0.15, 0.2) is 0 Å². The Morgan fingerprint density at radius 3 is 2.39 bits per heavy atom. The van der Waals surface area contributed by atoms with Gasteiger partial charge in [-0.3, -0.25) is 0 Å². The fourth-order valence-electron chi connectivity index (χ4n) is 1.73. The van der Waals surface area contributed by atoms with Crippen molar-refractivity contribution < 1.29 is 8.78 Å². The number of hydrogen-bond acceptors (Lipinski definition) is 1. The van der Waals surface area contributed by atoms with Gasteiger partial charge in [-0.15, -0.1) is 0 Å². The van der Waals surface area contributed by atoms with Crippen LogP contribution in [0.15, 0.2) is 40.9 Å². The monoisotopic (exact) mass is 311 g/mol. The standard InChI is InChI=1S/C14H12BrF2N/c1-9-5-10(15)7-11(6-9)18-8-12-13(16)3-2-4-14(12)17/h2-7,18H,8H2,1H3. The van der Waals surface area contributed by atoms with Crippen molar-refractivity contribution >= 4 is 21.6 Å². The molecule has 2 rings (SSSR count). The predicted octanol–water partition coefficient (Wildman–Crippen LogP) is 4.65. The molecule has 0 unspecified atom stereocenters. The average Bonchev–Trinajstić information content (AvgIpc) is 2.27. The summed E-state index contributed by atoms with van der Waals surface area (Å²) in [4.78, 5) is 0. The molecule has 0 spiro atoms.